The fourth-order valence-corrected chi connectivity index (χ4v) is 3.64. The van der Waals surface area contributed by atoms with E-state index < -0.39 is 0 Å². The normalized spacial score (nSPS) is 16.9. The number of rotatable bonds is 5. The van der Waals surface area contributed by atoms with Gasteiger partial charge >= 0.3 is 0 Å². The van der Waals surface area contributed by atoms with E-state index >= 15 is 0 Å². The van der Waals surface area contributed by atoms with Gasteiger partial charge in [-0.2, -0.15) is 0 Å². The number of aromatic nitrogens is 4. The molecule has 0 saturated carbocycles. The lowest BCUT2D eigenvalue weighted by molar-refractivity contribution is 0.197. The maximum absolute atomic E-state index is 13.8. The molecule has 27 heavy (non-hydrogen) atoms. The highest BCUT2D eigenvalue weighted by Crippen LogP contribution is 2.35. The Bertz CT molecular complexity index is 924. The standard InChI is InChI=1S/C20H22FN5O/c1-3-18-22-9-14(10-23-18)20-19-16(24-12-25-19)6-7-26(20)11-13-8-15(21)4-5-17(13)27-2/h4-5,8-10,12,20H,3,6-7,11H2,1-2H3,(H,24,25)/t20-/m1/s1. The fourth-order valence-electron chi connectivity index (χ4n) is 3.64. The van der Waals surface area contributed by atoms with Crippen LogP contribution < -0.4 is 4.74 Å². The Kier molecular flexibility index (Phi) is 4.85. The number of aryl methyl sites for hydroxylation is 1. The van der Waals surface area contributed by atoms with Crippen LogP contribution in [0.3, 0.4) is 0 Å². The average molecular weight is 367 g/mol. The van der Waals surface area contributed by atoms with Crippen molar-refractivity contribution >= 4 is 0 Å². The number of benzene rings is 1. The summed E-state index contributed by atoms with van der Waals surface area (Å²) in [5.41, 5.74) is 3.90. The number of aromatic amines is 1. The molecule has 4 rings (SSSR count). The predicted octanol–water partition coefficient (Wildman–Crippen LogP) is 3.06. The summed E-state index contributed by atoms with van der Waals surface area (Å²) in [6.45, 7) is 3.40. The molecule has 1 N–H and O–H groups in total. The van der Waals surface area contributed by atoms with E-state index in [4.69, 9.17) is 4.74 Å². The van der Waals surface area contributed by atoms with Crippen LogP contribution in [0, 0.1) is 5.82 Å². The van der Waals surface area contributed by atoms with Crippen molar-refractivity contribution in [3.63, 3.8) is 0 Å². The van der Waals surface area contributed by atoms with Gasteiger partial charge in [0.15, 0.2) is 0 Å². The van der Waals surface area contributed by atoms with Crippen molar-refractivity contribution < 1.29 is 9.13 Å². The van der Waals surface area contributed by atoms with Gasteiger partial charge in [0.25, 0.3) is 0 Å². The minimum atomic E-state index is -0.268. The number of H-pyrrole nitrogens is 1. The van der Waals surface area contributed by atoms with E-state index in [-0.39, 0.29) is 11.9 Å². The van der Waals surface area contributed by atoms with E-state index in [0.29, 0.717) is 12.3 Å². The first-order valence-corrected chi connectivity index (χ1v) is 9.09. The van der Waals surface area contributed by atoms with E-state index in [1.807, 2.05) is 19.3 Å². The molecule has 3 heterocycles. The number of methoxy groups -OCH3 is 1. The van der Waals surface area contributed by atoms with Crippen LogP contribution in [0.1, 0.15) is 41.3 Å². The number of halogens is 1. The van der Waals surface area contributed by atoms with E-state index in [0.717, 1.165) is 47.7 Å². The highest BCUT2D eigenvalue weighted by Gasteiger charge is 2.32. The molecule has 1 aromatic carbocycles. The van der Waals surface area contributed by atoms with Crippen LogP contribution in [-0.4, -0.2) is 38.5 Å². The molecular weight excluding hydrogens is 345 g/mol. The number of imidazole rings is 1. The lowest BCUT2D eigenvalue weighted by Crippen LogP contribution is -2.36. The highest BCUT2D eigenvalue weighted by molar-refractivity contribution is 5.36. The van der Waals surface area contributed by atoms with Gasteiger partial charge in [-0.15, -0.1) is 0 Å². The van der Waals surface area contributed by atoms with Crippen molar-refractivity contribution in [1.82, 2.24) is 24.8 Å². The van der Waals surface area contributed by atoms with Crippen molar-refractivity contribution in [2.24, 2.45) is 0 Å². The molecule has 1 atom stereocenters. The van der Waals surface area contributed by atoms with Gasteiger partial charge in [-0.1, -0.05) is 6.92 Å². The van der Waals surface area contributed by atoms with Crippen molar-refractivity contribution in [3.05, 3.63) is 71.1 Å². The summed E-state index contributed by atoms with van der Waals surface area (Å²) in [7, 11) is 1.60. The summed E-state index contributed by atoms with van der Waals surface area (Å²) in [5, 5.41) is 0. The van der Waals surface area contributed by atoms with E-state index in [2.05, 4.69) is 24.8 Å². The molecule has 0 unspecified atom stereocenters. The Morgan fingerprint density at radius 3 is 2.81 bits per heavy atom. The molecule has 0 amide bonds. The van der Waals surface area contributed by atoms with E-state index in [1.54, 1.807) is 19.5 Å². The van der Waals surface area contributed by atoms with Crippen LogP contribution in [0.4, 0.5) is 4.39 Å². The Morgan fingerprint density at radius 2 is 2.07 bits per heavy atom. The van der Waals surface area contributed by atoms with Crippen LogP contribution in [0.15, 0.2) is 36.9 Å². The molecule has 0 saturated heterocycles. The van der Waals surface area contributed by atoms with E-state index in [1.165, 1.54) is 12.1 Å². The van der Waals surface area contributed by atoms with Crippen molar-refractivity contribution in [2.45, 2.75) is 32.4 Å². The number of nitrogens with zero attached hydrogens (tertiary/aromatic N) is 4. The summed E-state index contributed by atoms with van der Waals surface area (Å²) in [6, 6.07) is 4.54. The number of fused-ring (bicyclic) bond motifs is 1. The molecule has 0 bridgehead atoms. The van der Waals surface area contributed by atoms with Crippen molar-refractivity contribution in [2.75, 3.05) is 13.7 Å². The zero-order chi connectivity index (χ0) is 18.8. The third kappa shape index (κ3) is 3.42. The van der Waals surface area contributed by atoms with Gasteiger partial charge in [0, 0.05) is 55.1 Å². The molecule has 1 aliphatic rings. The van der Waals surface area contributed by atoms with Crippen LogP contribution in [-0.2, 0) is 19.4 Å². The number of ether oxygens (including phenoxy) is 1. The second-order valence-corrected chi connectivity index (χ2v) is 6.63. The van der Waals surface area contributed by atoms with Crippen LogP contribution >= 0.6 is 0 Å². The first-order chi connectivity index (χ1) is 13.2. The first-order valence-electron chi connectivity index (χ1n) is 9.09. The Morgan fingerprint density at radius 1 is 1.26 bits per heavy atom. The molecular formula is C20H22FN5O. The molecule has 0 spiro atoms. The van der Waals surface area contributed by atoms with Crippen LogP contribution in [0.2, 0.25) is 0 Å². The second kappa shape index (κ2) is 7.44. The quantitative estimate of drug-likeness (QED) is 0.751. The van der Waals surface area contributed by atoms with Crippen molar-refractivity contribution in [1.29, 1.82) is 0 Å². The predicted molar refractivity (Wildman–Crippen MR) is 98.9 cm³/mol. The Balaban J connectivity index is 1.71. The van der Waals surface area contributed by atoms with Gasteiger partial charge in [-0.25, -0.2) is 19.3 Å². The van der Waals surface area contributed by atoms with Gasteiger partial charge in [-0.05, 0) is 18.2 Å². The van der Waals surface area contributed by atoms with Gasteiger partial charge in [0.1, 0.15) is 17.4 Å². The van der Waals surface area contributed by atoms with Crippen LogP contribution in [0.25, 0.3) is 0 Å². The zero-order valence-electron chi connectivity index (χ0n) is 15.4. The number of hydrogen-bond donors (Lipinski definition) is 1. The summed E-state index contributed by atoms with van der Waals surface area (Å²) >= 11 is 0. The lowest BCUT2D eigenvalue weighted by atomic mass is 9.96. The largest absolute Gasteiger partial charge is 0.496 e. The molecule has 0 aliphatic carbocycles. The van der Waals surface area contributed by atoms with Gasteiger partial charge in [0.2, 0.25) is 0 Å². The lowest BCUT2D eigenvalue weighted by Gasteiger charge is -2.35. The van der Waals surface area contributed by atoms with Gasteiger partial charge < -0.3 is 9.72 Å². The third-order valence-electron chi connectivity index (χ3n) is 5.00. The monoisotopic (exact) mass is 367 g/mol. The fraction of sp³-hybridized carbons (Fsp3) is 0.350. The topological polar surface area (TPSA) is 66.9 Å². The number of hydrogen-bond acceptors (Lipinski definition) is 5. The summed E-state index contributed by atoms with van der Waals surface area (Å²) in [4.78, 5) is 19.0. The summed E-state index contributed by atoms with van der Waals surface area (Å²) < 4.78 is 19.2. The second-order valence-electron chi connectivity index (χ2n) is 6.63. The number of nitrogens with one attached hydrogen (secondary N) is 1. The molecule has 7 heteroatoms. The van der Waals surface area contributed by atoms with Crippen molar-refractivity contribution in [3.8, 4) is 5.75 Å². The summed E-state index contributed by atoms with van der Waals surface area (Å²) in [6.07, 6.45) is 7.12. The molecule has 1 aliphatic heterocycles. The minimum absolute atomic E-state index is 0.0844. The molecule has 0 radical (unpaired) electrons. The van der Waals surface area contributed by atoms with Gasteiger partial charge in [0.05, 0.1) is 25.2 Å². The third-order valence-corrected chi connectivity index (χ3v) is 5.00. The van der Waals surface area contributed by atoms with E-state index in [9.17, 15) is 4.39 Å². The smallest absolute Gasteiger partial charge is 0.127 e. The molecule has 2 aromatic heterocycles. The Hall–Kier alpha value is -2.80. The molecule has 3 aromatic rings. The average Bonchev–Trinajstić information content (AvgIpc) is 3.17. The maximum atomic E-state index is 13.8. The summed E-state index contributed by atoms with van der Waals surface area (Å²) in [5.74, 6) is 1.23. The SMILES string of the molecule is CCc1ncc([C@@H]2c3nc[nH]c3CCN2Cc2cc(F)ccc2OC)cn1. The molecule has 6 nitrogen and oxygen atoms in total. The first kappa shape index (κ1) is 17.6. The minimum Gasteiger partial charge on any atom is -0.496 e. The van der Waals surface area contributed by atoms with Gasteiger partial charge in [-0.3, -0.25) is 4.90 Å². The zero-order valence-corrected chi connectivity index (χ0v) is 15.4. The molecule has 0 fully saturated rings. The highest BCUT2D eigenvalue weighted by atomic mass is 19.1. The molecule has 140 valence electrons. The Labute approximate surface area is 157 Å². The maximum Gasteiger partial charge on any atom is 0.127 e. The van der Waals surface area contributed by atoms with Crippen LogP contribution in [0.5, 0.6) is 5.75 Å².